The molecule has 4 nitrogen and oxygen atoms in total. The fourth-order valence-electron chi connectivity index (χ4n) is 1.04. The highest BCUT2D eigenvalue weighted by Gasteiger charge is 2.08. The maximum Gasteiger partial charge on any atom is 0.236 e. The molecule has 1 aromatic rings. The van der Waals surface area contributed by atoms with E-state index in [1.807, 2.05) is 0 Å². The molecule has 6 heteroatoms. The summed E-state index contributed by atoms with van der Waals surface area (Å²) in [7, 11) is 3.03. The third-order valence-electron chi connectivity index (χ3n) is 1.64. The van der Waals surface area contributed by atoms with E-state index in [1.165, 1.54) is 7.11 Å². The first-order valence-electron chi connectivity index (χ1n) is 3.77. The summed E-state index contributed by atoms with van der Waals surface area (Å²) in [6.07, 6.45) is 0. The molecular formula is C8H10ClNO3S. The molecule has 0 aliphatic rings. The molecule has 0 atom stereocenters. The van der Waals surface area contributed by atoms with Crippen molar-refractivity contribution in [3.63, 3.8) is 0 Å². The van der Waals surface area contributed by atoms with Gasteiger partial charge in [0.25, 0.3) is 0 Å². The van der Waals surface area contributed by atoms with E-state index < -0.39 is 9.05 Å². The minimum atomic E-state index is -3.54. The number of rotatable bonds is 3. The molecule has 0 aliphatic heterocycles. The molecule has 0 aromatic heterocycles. The van der Waals surface area contributed by atoms with Crippen LogP contribution in [0.25, 0.3) is 0 Å². The van der Waals surface area contributed by atoms with Crippen LogP contribution in [-0.4, -0.2) is 15.5 Å². The fourth-order valence-corrected chi connectivity index (χ4v) is 2.00. The van der Waals surface area contributed by atoms with Gasteiger partial charge in [0.1, 0.15) is 5.75 Å². The zero-order valence-corrected chi connectivity index (χ0v) is 9.10. The lowest BCUT2D eigenvalue weighted by atomic mass is 10.2. The second-order valence-electron chi connectivity index (χ2n) is 2.76. The monoisotopic (exact) mass is 235 g/mol. The Balaban J connectivity index is 3.01. The summed E-state index contributed by atoms with van der Waals surface area (Å²) in [5.41, 5.74) is 6.56. The molecule has 2 N–H and O–H groups in total. The van der Waals surface area contributed by atoms with Crippen LogP contribution in [0.1, 0.15) is 5.56 Å². The van der Waals surface area contributed by atoms with Gasteiger partial charge in [0, 0.05) is 10.7 Å². The largest absolute Gasteiger partial charge is 0.495 e. The molecule has 1 aromatic carbocycles. The Morgan fingerprint density at radius 2 is 2.14 bits per heavy atom. The van der Waals surface area contributed by atoms with Crippen LogP contribution in [0.5, 0.6) is 5.75 Å². The summed E-state index contributed by atoms with van der Waals surface area (Å²) in [5, 5.41) is 0. The Morgan fingerprint density at radius 3 is 2.64 bits per heavy atom. The Bertz CT molecular complexity index is 430. The summed E-state index contributed by atoms with van der Waals surface area (Å²) < 4.78 is 26.5. The summed E-state index contributed by atoms with van der Waals surface area (Å²) in [6, 6.07) is 4.73. The molecule has 0 saturated heterocycles. The van der Waals surface area contributed by atoms with E-state index in [1.54, 1.807) is 18.2 Å². The topological polar surface area (TPSA) is 69.4 Å². The molecule has 0 bridgehead atoms. The quantitative estimate of drug-likeness (QED) is 0.634. The molecule has 0 unspecified atom stereocenters. The lowest BCUT2D eigenvalue weighted by Gasteiger charge is -2.05. The summed E-state index contributed by atoms with van der Waals surface area (Å²) in [5.74, 6) is 0.216. The zero-order chi connectivity index (χ0) is 10.8. The van der Waals surface area contributed by atoms with Crippen molar-refractivity contribution in [1.29, 1.82) is 0 Å². The predicted octanol–water partition coefficient (Wildman–Crippen LogP) is 1.35. The van der Waals surface area contributed by atoms with Crippen LogP contribution >= 0.6 is 10.7 Å². The van der Waals surface area contributed by atoms with Crippen molar-refractivity contribution in [3.05, 3.63) is 23.8 Å². The number of anilines is 1. The highest BCUT2D eigenvalue weighted by Crippen LogP contribution is 2.23. The standard InChI is InChI=1S/C8H10ClNO3S/c1-13-8-4-6(2-3-7(8)10)5-14(9,11)12/h2-4H,5,10H2,1H3. The second-order valence-corrected chi connectivity index (χ2v) is 5.54. The number of methoxy groups -OCH3 is 1. The molecule has 0 spiro atoms. The van der Waals surface area contributed by atoms with Gasteiger partial charge in [-0.2, -0.15) is 0 Å². The molecule has 0 saturated carbocycles. The fraction of sp³-hybridized carbons (Fsp3) is 0.250. The average molecular weight is 236 g/mol. The van der Waals surface area contributed by atoms with Gasteiger partial charge in [-0.25, -0.2) is 8.42 Å². The average Bonchev–Trinajstić information content (AvgIpc) is 2.06. The number of hydrogen-bond acceptors (Lipinski definition) is 4. The lowest BCUT2D eigenvalue weighted by molar-refractivity contribution is 0.416. The Labute approximate surface area is 87.0 Å². The lowest BCUT2D eigenvalue weighted by Crippen LogP contribution is -1.98. The van der Waals surface area contributed by atoms with Gasteiger partial charge in [-0.15, -0.1) is 0 Å². The molecule has 0 aliphatic carbocycles. The van der Waals surface area contributed by atoms with E-state index >= 15 is 0 Å². The number of benzene rings is 1. The second kappa shape index (κ2) is 4.06. The Hall–Kier alpha value is -0.940. The van der Waals surface area contributed by atoms with Gasteiger partial charge >= 0.3 is 0 Å². The number of hydrogen-bond donors (Lipinski definition) is 1. The van der Waals surface area contributed by atoms with Crippen LogP contribution in [0.4, 0.5) is 5.69 Å². The molecule has 1 rings (SSSR count). The normalized spacial score (nSPS) is 11.3. The van der Waals surface area contributed by atoms with E-state index in [0.717, 1.165) is 0 Å². The van der Waals surface area contributed by atoms with Crippen molar-refractivity contribution >= 4 is 25.4 Å². The van der Waals surface area contributed by atoms with Gasteiger partial charge in [-0.3, -0.25) is 0 Å². The van der Waals surface area contributed by atoms with Crippen molar-refractivity contribution in [1.82, 2.24) is 0 Å². The van der Waals surface area contributed by atoms with Crippen LogP contribution in [0.15, 0.2) is 18.2 Å². The predicted molar refractivity (Wildman–Crippen MR) is 55.9 cm³/mol. The number of nitrogens with two attached hydrogens (primary N) is 1. The van der Waals surface area contributed by atoms with Gasteiger partial charge in [-0.05, 0) is 17.7 Å². The maximum absolute atomic E-state index is 10.8. The van der Waals surface area contributed by atoms with Crippen LogP contribution in [0.3, 0.4) is 0 Å². The molecule has 78 valence electrons. The molecule has 0 fully saturated rings. The van der Waals surface area contributed by atoms with Crippen molar-refractivity contribution in [2.45, 2.75) is 5.75 Å². The van der Waals surface area contributed by atoms with Crippen LogP contribution in [-0.2, 0) is 14.8 Å². The third-order valence-corrected chi connectivity index (χ3v) is 2.64. The van der Waals surface area contributed by atoms with E-state index in [9.17, 15) is 8.42 Å². The summed E-state index contributed by atoms with van der Waals surface area (Å²) in [6.45, 7) is 0. The smallest absolute Gasteiger partial charge is 0.236 e. The number of ether oxygens (including phenoxy) is 1. The van der Waals surface area contributed by atoms with Crippen molar-refractivity contribution < 1.29 is 13.2 Å². The van der Waals surface area contributed by atoms with Gasteiger partial charge in [0.05, 0.1) is 18.6 Å². The SMILES string of the molecule is COc1cc(CS(=O)(=O)Cl)ccc1N. The minimum Gasteiger partial charge on any atom is -0.495 e. The zero-order valence-electron chi connectivity index (χ0n) is 7.53. The Kier molecular flexibility index (Phi) is 3.23. The van der Waals surface area contributed by atoms with Crippen molar-refractivity contribution in [2.24, 2.45) is 0 Å². The highest BCUT2D eigenvalue weighted by molar-refractivity contribution is 8.13. The van der Waals surface area contributed by atoms with Crippen LogP contribution in [0.2, 0.25) is 0 Å². The van der Waals surface area contributed by atoms with Gasteiger partial charge in [0.2, 0.25) is 9.05 Å². The number of halogens is 1. The molecule has 0 amide bonds. The van der Waals surface area contributed by atoms with E-state index in [0.29, 0.717) is 17.0 Å². The van der Waals surface area contributed by atoms with Gasteiger partial charge in [-0.1, -0.05) is 6.07 Å². The molecule has 14 heavy (non-hydrogen) atoms. The van der Waals surface area contributed by atoms with Crippen LogP contribution in [0, 0.1) is 0 Å². The minimum absolute atomic E-state index is 0.231. The first kappa shape index (κ1) is 11.1. The highest BCUT2D eigenvalue weighted by atomic mass is 35.7. The first-order chi connectivity index (χ1) is 6.42. The molecular weight excluding hydrogens is 226 g/mol. The van der Waals surface area contributed by atoms with E-state index in [-0.39, 0.29) is 5.75 Å². The van der Waals surface area contributed by atoms with E-state index in [2.05, 4.69) is 0 Å². The third kappa shape index (κ3) is 3.08. The summed E-state index contributed by atoms with van der Waals surface area (Å²) >= 11 is 0. The maximum atomic E-state index is 10.8. The van der Waals surface area contributed by atoms with Crippen molar-refractivity contribution in [3.8, 4) is 5.75 Å². The molecule has 0 radical (unpaired) electrons. The molecule has 0 heterocycles. The van der Waals surface area contributed by atoms with Crippen molar-refractivity contribution in [2.75, 3.05) is 12.8 Å². The Morgan fingerprint density at radius 1 is 1.50 bits per heavy atom. The van der Waals surface area contributed by atoms with Gasteiger partial charge < -0.3 is 10.5 Å². The summed E-state index contributed by atoms with van der Waals surface area (Å²) in [4.78, 5) is 0. The first-order valence-corrected chi connectivity index (χ1v) is 6.25. The van der Waals surface area contributed by atoms with Crippen LogP contribution < -0.4 is 10.5 Å². The number of nitrogen functional groups attached to an aromatic ring is 1. The van der Waals surface area contributed by atoms with Gasteiger partial charge in [0.15, 0.2) is 0 Å². The van der Waals surface area contributed by atoms with E-state index in [4.69, 9.17) is 21.2 Å².